The quantitative estimate of drug-likeness (QED) is 0.159. The summed E-state index contributed by atoms with van der Waals surface area (Å²) in [7, 11) is 0. The van der Waals surface area contributed by atoms with E-state index in [2.05, 4.69) is 338 Å². The van der Waals surface area contributed by atoms with E-state index in [1.807, 2.05) is 35.6 Å². The Morgan fingerprint density at radius 3 is 1.42 bits per heavy atom. The topological polar surface area (TPSA) is 74.6 Å². The van der Waals surface area contributed by atoms with Crippen LogP contribution in [-0.4, -0.2) is 29.1 Å². The third kappa shape index (κ3) is 9.52. The molecule has 0 fully saturated rings. The highest BCUT2D eigenvalue weighted by molar-refractivity contribution is 7.26. The second-order valence-corrected chi connectivity index (χ2v) is 29.8. The summed E-state index contributed by atoms with van der Waals surface area (Å²) >= 11 is 1.88. The summed E-state index contributed by atoms with van der Waals surface area (Å²) in [4.78, 5) is 21.2. The van der Waals surface area contributed by atoms with Gasteiger partial charge in [0.25, 0.3) is 0 Å². The molecule has 107 heavy (non-hydrogen) atoms. The van der Waals surface area contributed by atoms with E-state index >= 15 is 0 Å². The number of nitrogens with zero attached hydrogens (tertiary/aromatic N) is 6. The predicted octanol–water partition coefficient (Wildman–Crippen LogP) is 26.7. The molecule has 6 heterocycles. The summed E-state index contributed by atoms with van der Waals surface area (Å²) < 4.78 is 13.3. The Kier molecular flexibility index (Phi) is 13.5. The number of furan rings is 1. The second kappa shape index (κ2) is 23.7. The van der Waals surface area contributed by atoms with Crippen molar-refractivity contribution in [3.05, 3.63) is 351 Å². The third-order valence-electron chi connectivity index (χ3n) is 22.4. The molecule has 23 rings (SSSR count). The Morgan fingerprint density at radius 2 is 0.748 bits per heavy atom. The van der Waals surface area contributed by atoms with Crippen molar-refractivity contribution in [2.75, 3.05) is 0 Å². The summed E-state index contributed by atoms with van der Waals surface area (Å²) in [6.45, 7) is 4.67. The van der Waals surface area contributed by atoms with Gasteiger partial charge in [0.2, 0.25) is 11.9 Å². The molecule has 0 amide bonds. The van der Waals surface area contributed by atoms with Crippen LogP contribution in [0.25, 0.3) is 208 Å². The maximum Gasteiger partial charge on any atom is 0.235 e. The SMILES string of the molecule is CC1(C)c2ccccc2-c2ccc(-c3nc(-n4c5ccccc5c5c6cc(-c7ccc(-c8cccc9c8sc8ccccc89)cc7)ccc6ccc54)nc4ccccc34)cc21.c1ccc(-c2nc(-n3c4ccccc4c4c5cc(-c6ccc7oc8ccccc8c7c6)ccc5ccc43)nc3ccccc23)cc1. The Balaban J connectivity index is 0.000000138. The largest absolute Gasteiger partial charge is 0.456 e. The van der Waals surface area contributed by atoms with Crippen molar-refractivity contribution in [2.45, 2.75) is 19.3 Å². The van der Waals surface area contributed by atoms with Gasteiger partial charge in [-0.05, 0) is 156 Å². The lowest BCUT2D eigenvalue weighted by molar-refractivity contribution is 0.660. The Hall–Kier alpha value is -13.7. The minimum absolute atomic E-state index is 0.114. The van der Waals surface area contributed by atoms with E-state index in [9.17, 15) is 0 Å². The monoisotopic (exact) mass is 1380 g/mol. The van der Waals surface area contributed by atoms with Crippen LogP contribution >= 0.6 is 11.3 Å². The van der Waals surface area contributed by atoms with Crippen molar-refractivity contribution < 1.29 is 4.42 Å². The lowest BCUT2D eigenvalue weighted by atomic mass is 9.82. The molecule has 6 aromatic heterocycles. The molecule has 0 saturated carbocycles. The fourth-order valence-electron chi connectivity index (χ4n) is 17.3. The van der Waals surface area contributed by atoms with Crippen LogP contribution in [0.4, 0.5) is 0 Å². The molecule has 1 aliphatic carbocycles. The lowest BCUT2D eigenvalue weighted by Gasteiger charge is -2.22. The van der Waals surface area contributed by atoms with Gasteiger partial charge >= 0.3 is 0 Å². The van der Waals surface area contributed by atoms with Crippen molar-refractivity contribution in [2.24, 2.45) is 0 Å². The first kappa shape index (κ1) is 60.9. The zero-order valence-electron chi connectivity index (χ0n) is 58.3. The van der Waals surface area contributed by atoms with Gasteiger partial charge in [-0.2, -0.15) is 0 Å². The van der Waals surface area contributed by atoms with Crippen LogP contribution in [0.15, 0.2) is 344 Å². The molecule has 16 aromatic carbocycles. The lowest BCUT2D eigenvalue weighted by Crippen LogP contribution is -2.15. The summed E-state index contributed by atoms with van der Waals surface area (Å²) in [5, 5.41) is 16.6. The van der Waals surface area contributed by atoms with Crippen molar-refractivity contribution in [3.63, 3.8) is 0 Å². The minimum Gasteiger partial charge on any atom is -0.456 e. The summed E-state index contributed by atoms with van der Waals surface area (Å²) in [5.74, 6) is 1.33. The molecule has 7 nitrogen and oxygen atoms in total. The number of hydrogen-bond acceptors (Lipinski definition) is 6. The maximum absolute atomic E-state index is 6.11. The first-order chi connectivity index (χ1) is 52.8. The van der Waals surface area contributed by atoms with Crippen LogP contribution in [0, 0.1) is 0 Å². The van der Waals surface area contributed by atoms with Gasteiger partial charge in [-0.25, -0.2) is 19.9 Å². The number of hydrogen-bond donors (Lipinski definition) is 0. The van der Waals surface area contributed by atoms with E-state index in [1.54, 1.807) is 0 Å². The molecule has 0 radical (unpaired) electrons. The van der Waals surface area contributed by atoms with Gasteiger partial charge in [0.15, 0.2) is 0 Å². The second-order valence-electron chi connectivity index (χ2n) is 28.7. The number of thiophene rings is 1. The fraction of sp³-hybridized carbons (Fsp3) is 0.0303. The highest BCUT2D eigenvalue weighted by Gasteiger charge is 2.36. The maximum atomic E-state index is 6.11. The molecule has 0 spiro atoms. The fourth-order valence-corrected chi connectivity index (χ4v) is 18.5. The van der Waals surface area contributed by atoms with Crippen LogP contribution in [0.1, 0.15) is 25.0 Å². The molecule has 8 heteroatoms. The molecular weight excluding hydrogens is 1320 g/mol. The van der Waals surface area contributed by atoms with E-state index in [-0.39, 0.29) is 5.41 Å². The number of para-hydroxylation sites is 5. The summed E-state index contributed by atoms with van der Waals surface area (Å²) in [6, 6.07) is 122. The Labute approximate surface area is 618 Å². The molecule has 0 aliphatic heterocycles. The van der Waals surface area contributed by atoms with Crippen LogP contribution in [0.3, 0.4) is 0 Å². The summed E-state index contributed by atoms with van der Waals surface area (Å²) in [5.41, 5.74) is 24.5. The van der Waals surface area contributed by atoms with E-state index in [0.717, 1.165) is 99.5 Å². The van der Waals surface area contributed by atoms with E-state index in [4.69, 9.17) is 24.4 Å². The molecular formula is C99H62N6OS. The van der Waals surface area contributed by atoms with Crippen molar-refractivity contribution in [1.29, 1.82) is 0 Å². The highest BCUT2D eigenvalue weighted by Crippen LogP contribution is 2.51. The van der Waals surface area contributed by atoms with Crippen LogP contribution in [0.2, 0.25) is 0 Å². The first-order valence-electron chi connectivity index (χ1n) is 36.5. The molecule has 1 aliphatic rings. The molecule has 0 atom stereocenters. The number of rotatable bonds is 7. The van der Waals surface area contributed by atoms with Gasteiger partial charge in [0, 0.05) is 79.8 Å². The van der Waals surface area contributed by atoms with Gasteiger partial charge in [0.1, 0.15) is 11.2 Å². The van der Waals surface area contributed by atoms with Crippen LogP contribution in [0.5, 0.6) is 0 Å². The zero-order valence-corrected chi connectivity index (χ0v) is 59.1. The van der Waals surface area contributed by atoms with Gasteiger partial charge in [-0.15, -0.1) is 11.3 Å². The van der Waals surface area contributed by atoms with Crippen LogP contribution < -0.4 is 0 Å². The van der Waals surface area contributed by atoms with Gasteiger partial charge in [-0.3, -0.25) is 9.13 Å². The number of benzene rings is 16. The van der Waals surface area contributed by atoms with E-state index in [0.29, 0.717) is 11.9 Å². The normalized spacial score (nSPS) is 12.7. The molecule has 0 unspecified atom stereocenters. The third-order valence-corrected chi connectivity index (χ3v) is 23.7. The molecule has 22 aromatic rings. The average Bonchev–Trinajstić information content (AvgIpc) is 1.58. The standard InChI is InChI=1S/C57H37N3S.C42H25N3O/c1-57(2)47-18-7-3-12-40(47)41-30-28-38(33-48(41)57)54-44-14-4-8-19-49(44)58-56(59-54)60-50-20-9-5-15-45(50)53-46-32-37(27-26-36(46)29-31-51(53)60)34-22-24-35(25-23-34)39-16-11-17-43-42-13-6-10-21-52(42)61-55(39)43;1-2-10-27(11-3-1)41-31-13-4-7-15-35(31)43-42(44-41)45-36-16-8-5-14-32(36)40-33-24-28(19-18-26(33)20-22-37(40)45)29-21-23-39-34(25-29)30-12-6-9-17-38(30)46-39/h3-33H,1-2H3;1-25H. The highest BCUT2D eigenvalue weighted by atomic mass is 32.1. The first-order valence-corrected chi connectivity index (χ1v) is 37.3. The van der Waals surface area contributed by atoms with E-state index in [1.165, 1.54) is 108 Å². The number of fused-ring (bicyclic) bond motifs is 21. The molecule has 0 bridgehead atoms. The van der Waals surface area contributed by atoms with Crippen LogP contribution in [-0.2, 0) is 5.41 Å². The summed E-state index contributed by atoms with van der Waals surface area (Å²) in [6.07, 6.45) is 0. The zero-order chi connectivity index (χ0) is 70.6. The van der Waals surface area contributed by atoms with Crippen molar-refractivity contribution >= 4 is 140 Å². The van der Waals surface area contributed by atoms with Gasteiger partial charge < -0.3 is 4.42 Å². The number of aromatic nitrogens is 6. The minimum atomic E-state index is -0.114. The molecule has 0 saturated heterocycles. The van der Waals surface area contributed by atoms with Crippen molar-refractivity contribution in [3.8, 4) is 78.9 Å². The van der Waals surface area contributed by atoms with Crippen molar-refractivity contribution in [1.82, 2.24) is 29.1 Å². The van der Waals surface area contributed by atoms with Gasteiger partial charge in [0.05, 0.1) is 44.5 Å². The molecule has 500 valence electrons. The average molecular weight is 1380 g/mol. The molecule has 0 N–H and O–H groups in total. The smallest absolute Gasteiger partial charge is 0.235 e. The Bertz CT molecular complexity index is 7480. The Morgan fingerprint density at radius 1 is 0.280 bits per heavy atom. The van der Waals surface area contributed by atoms with E-state index < -0.39 is 0 Å². The predicted molar refractivity (Wildman–Crippen MR) is 448 cm³/mol. The van der Waals surface area contributed by atoms with Gasteiger partial charge in [-0.1, -0.05) is 275 Å².